The van der Waals surface area contributed by atoms with Gasteiger partial charge in [-0.15, -0.1) is 5.10 Å². The Labute approximate surface area is 147 Å². The lowest BCUT2D eigenvalue weighted by Gasteiger charge is -2.32. The van der Waals surface area contributed by atoms with Gasteiger partial charge in [-0.25, -0.2) is 4.68 Å². The minimum absolute atomic E-state index is 0.00283. The smallest absolute Gasteiger partial charge is 0.276 e. The van der Waals surface area contributed by atoms with Crippen molar-refractivity contribution in [3.8, 4) is 0 Å². The van der Waals surface area contributed by atoms with Gasteiger partial charge < -0.3 is 10.2 Å². The normalized spacial score (nSPS) is 21.6. The Hall–Kier alpha value is -2.25. The zero-order chi connectivity index (χ0) is 17.1. The molecule has 2 fully saturated rings. The van der Waals surface area contributed by atoms with E-state index in [9.17, 15) is 4.79 Å². The number of amides is 1. The van der Waals surface area contributed by atoms with Crippen LogP contribution in [0.25, 0.3) is 0 Å². The molecule has 1 unspecified atom stereocenters. The van der Waals surface area contributed by atoms with Crippen molar-refractivity contribution < 1.29 is 4.79 Å². The molecule has 0 saturated carbocycles. The van der Waals surface area contributed by atoms with Crippen LogP contribution in [0.5, 0.6) is 0 Å². The summed E-state index contributed by atoms with van der Waals surface area (Å²) in [6.45, 7) is 6.45. The Morgan fingerprint density at radius 2 is 1.96 bits per heavy atom. The van der Waals surface area contributed by atoms with Crippen molar-refractivity contribution in [1.82, 2.24) is 30.1 Å². The largest absolute Gasteiger partial charge is 0.336 e. The number of hydrogen-bond acceptors (Lipinski definition) is 5. The maximum absolute atomic E-state index is 12.7. The molecule has 7 heteroatoms. The molecular weight excluding hydrogens is 316 g/mol. The number of carbonyl (C=O) groups excluding carboxylic acids is 1. The number of hydrogen-bond donors (Lipinski definition) is 1. The predicted octanol–water partition coefficient (Wildman–Crippen LogP) is 0.446. The van der Waals surface area contributed by atoms with Gasteiger partial charge in [0.25, 0.3) is 5.91 Å². The highest BCUT2D eigenvalue weighted by Gasteiger charge is 2.32. The molecule has 1 atom stereocenters. The zero-order valence-corrected chi connectivity index (χ0v) is 14.3. The van der Waals surface area contributed by atoms with Crippen molar-refractivity contribution in [1.29, 1.82) is 0 Å². The molecule has 4 rings (SSSR count). The first-order chi connectivity index (χ1) is 12.3. The number of nitrogens with zero attached hydrogens (tertiary/aromatic N) is 5. The zero-order valence-electron chi connectivity index (χ0n) is 14.3. The molecule has 0 radical (unpaired) electrons. The van der Waals surface area contributed by atoms with E-state index in [1.165, 1.54) is 0 Å². The molecule has 1 amide bonds. The molecule has 132 valence electrons. The van der Waals surface area contributed by atoms with Gasteiger partial charge in [-0.2, -0.15) is 0 Å². The molecule has 2 aliphatic heterocycles. The summed E-state index contributed by atoms with van der Waals surface area (Å²) in [6, 6.07) is 10.5. The highest BCUT2D eigenvalue weighted by molar-refractivity contribution is 5.92. The van der Waals surface area contributed by atoms with E-state index in [0.29, 0.717) is 18.3 Å². The fourth-order valence-electron chi connectivity index (χ4n) is 3.68. The Bertz CT molecular complexity index is 709. The highest BCUT2D eigenvalue weighted by atomic mass is 16.2. The van der Waals surface area contributed by atoms with Crippen LogP contribution in [0.4, 0.5) is 0 Å². The standard InChI is InChI=1S/C18H24N6O/c25-18(23-9-6-16(13-23)22-10-7-19-8-11-22)17-14-24(21-20-17)12-15-4-2-1-3-5-15/h1-5,14,16,19H,6-13H2. The number of rotatable bonds is 4. The van der Waals surface area contributed by atoms with Crippen LogP contribution in [0.1, 0.15) is 22.5 Å². The van der Waals surface area contributed by atoms with E-state index in [2.05, 4.69) is 20.5 Å². The average molecular weight is 340 g/mol. The van der Waals surface area contributed by atoms with Gasteiger partial charge >= 0.3 is 0 Å². The minimum Gasteiger partial charge on any atom is -0.336 e. The van der Waals surface area contributed by atoms with Gasteiger partial charge in [0.05, 0.1) is 12.7 Å². The number of piperazine rings is 1. The fourth-order valence-corrected chi connectivity index (χ4v) is 3.68. The van der Waals surface area contributed by atoms with Gasteiger partial charge in [0.15, 0.2) is 5.69 Å². The van der Waals surface area contributed by atoms with E-state index >= 15 is 0 Å². The quantitative estimate of drug-likeness (QED) is 0.875. The second kappa shape index (κ2) is 7.33. The van der Waals surface area contributed by atoms with Crippen LogP contribution in [-0.4, -0.2) is 76.0 Å². The summed E-state index contributed by atoms with van der Waals surface area (Å²) in [7, 11) is 0. The van der Waals surface area contributed by atoms with Crippen molar-refractivity contribution >= 4 is 5.91 Å². The summed E-state index contributed by atoms with van der Waals surface area (Å²) in [5.41, 5.74) is 1.59. The van der Waals surface area contributed by atoms with Gasteiger partial charge in [-0.1, -0.05) is 35.5 Å². The second-order valence-corrected chi connectivity index (χ2v) is 6.77. The molecule has 0 bridgehead atoms. The molecule has 7 nitrogen and oxygen atoms in total. The van der Waals surface area contributed by atoms with Crippen LogP contribution in [0.15, 0.2) is 36.5 Å². The molecule has 1 aromatic heterocycles. The maximum atomic E-state index is 12.7. The predicted molar refractivity (Wildman–Crippen MR) is 94.3 cm³/mol. The Balaban J connectivity index is 1.37. The molecule has 0 spiro atoms. The lowest BCUT2D eigenvalue weighted by Crippen LogP contribution is -2.49. The Morgan fingerprint density at radius 3 is 2.76 bits per heavy atom. The first-order valence-corrected chi connectivity index (χ1v) is 8.98. The summed E-state index contributed by atoms with van der Waals surface area (Å²) in [5, 5.41) is 11.6. The number of benzene rings is 1. The first-order valence-electron chi connectivity index (χ1n) is 8.98. The van der Waals surface area contributed by atoms with Gasteiger partial charge in [-0.3, -0.25) is 9.69 Å². The van der Waals surface area contributed by atoms with Crippen LogP contribution in [0, 0.1) is 0 Å². The summed E-state index contributed by atoms with van der Waals surface area (Å²) in [5.74, 6) is -0.00283. The van der Waals surface area contributed by atoms with E-state index < -0.39 is 0 Å². The van der Waals surface area contributed by atoms with Crippen LogP contribution >= 0.6 is 0 Å². The van der Waals surface area contributed by atoms with Crippen molar-refractivity contribution in [2.75, 3.05) is 39.3 Å². The lowest BCUT2D eigenvalue weighted by molar-refractivity contribution is 0.0767. The average Bonchev–Trinajstić information content (AvgIpc) is 3.33. The number of nitrogens with one attached hydrogen (secondary N) is 1. The topological polar surface area (TPSA) is 66.3 Å². The van der Waals surface area contributed by atoms with Crippen LogP contribution in [0.2, 0.25) is 0 Å². The molecule has 0 aliphatic carbocycles. The number of aromatic nitrogens is 3. The third kappa shape index (κ3) is 3.72. The molecule has 2 aliphatic rings. The summed E-state index contributed by atoms with van der Waals surface area (Å²) in [6.07, 6.45) is 2.80. The molecule has 3 heterocycles. The lowest BCUT2D eigenvalue weighted by atomic mass is 10.2. The molecule has 25 heavy (non-hydrogen) atoms. The number of carbonyl (C=O) groups is 1. The van der Waals surface area contributed by atoms with Crippen molar-refractivity contribution in [3.63, 3.8) is 0 Å². The molecular formula is C18H24N6O. The van der Waals surface area contributed by atoms with Crippen LogP contribution in [-0.2, 0) is 6.54 Å². The van der Waals surface area contributed by atoms with E-state index in [1.807, 2.05) is 35.2 Å². The third-order valence-electron chi connectivity index (χ3n) is 5.06. The molecule has 1 aromatic carbocycles. The third-order valence-corrected chi connectivity index (χ3v) is 5.06. The van der Waals surface area contributed by atoms with Crippen molar-refractivity contribution in [2.24, 2.45) is 0 Å². The Morgan fingerprint density at radius 1 is 1.16 bits per heavy atom. The van der Waals surface area contributed by atoms with Crippen LogP contribution in [0.3, 0.4) is 0 Å². The number of likely N-dealkylation sites (tertiary alicyclic amines) is 1. The highest BCUT2D eigenvalue weighted by Crippen LogP contribution is 2.18. The molecule has 2 aromatic rings. The maximum Gasteiger partial charge on any atom is 0.276 e. The van der Waals surface area contributed by atoms with Gasteiger partial charge in [0, 0.05) is 45.3 Å². The molecule has 1 N–H and O–H groups in total. The summed E-state index contributed by atoms with van der Waals surface area (Å²) in [4.78, 5) is 17.1. The van der Waals surface area contributed by atoms with Crippen molar-refractivity contribution in [3.05, 3.63) is 47.8 Å². The molecule has 2 saturated heterocycles. The first kappa shape index (κ1) is 16.2. The minimum atomic E-state index is -0.00283. The SMILES string of the molecule is O=C(c1cn(Cc2ccccc2)nn1)N1CCC(N2CCNCC2)C1. The fraction of sp³-hybridized carbons (Fsp3) is 0.500. The van der Waals surface area contributed by atoms with Gasteiger partial charge in [0.1, 0.15) is 0 Å². The monoisotopic (exact) mass is 340 g/mol. The van der Waals surface area contributed by atoms with Gasteiger partial charge in [-0.05, 0) is 12.0 Å². The van der Waals surface area contributed by atoms with E-state index in [-0.39, 0.29) is 5.91 Å². The van der Waals surface area contributed by atoms with Crippen LogP contribution < -0.4 is 5.32 Å². The summed E-state index contributed by atoms with van der Waals surface area (Å²) < 4.78 is 1.73. The van der Waals surface area contributed by atoms with E-state index in [1.54, 1.807) is 10.9 Å². The van der Waals surface area contributed by atoms with E-state index in [0.717, 1.165) is 51.3 Å². The van der Waals surface area contributed by atoms with E-state index in [4.69, 9.17) is 0 Å². The van der Waals surface area contributed by atoms with Gasteiger partial charge in [0.2, 0.25) is 0 Å². The Kier molecular flexibility index (Phi) is 4.76. The van der Waals surface area contributed by atoms with Crippen molar-refractivity contribution in [2.45, 2.75) is 19.0 Å². The summed E-state index contributed by atoms with van der Waals surface area (Å²) >= 11 is 0. The second-order valence-electron chi connectivity index (χ2n) is 6.77.